The van der Waals surface area contributed by atoms with Gasteiger partial charge in [0.25, 0.3) is 0 Å². The Morgan fingerprint density at radius 1 is 0.909 bits per heavy atom. The number of unbranched alkanes of at least 4 members (excludes halogenated alkanes) is 3. The molecule has 3 amide bonds. The first-order valence-corrected chi connectivity index (χ1v) is 7.11. The molecule has 22 heavy (non-hydrogen) atoms. The Balaban J connectivity index is 0. The Bertz CT molecular complexity index is 365. The number of rotatable bonds is 10. The fourth-order valence-electron chi connectivity index (χ4n) is 1.17. The van der Waals surface area contributed by atoms with E-state index in [1.165, 1.54) is 12.2 Å². The van der Waals surface area contributed by atoms with Gasteiger partial charge >= 0.3 is 0 Å². The zero-order valence-electron chi connectivity index (χ0n) is 13.3. The molecule has 0 atom stereocenters. The molecule has 0 radical (unpaired) electrons. The van der Waals surface area contributed by atoms with Crippen molar-refractivity contribution < 1.29 is 14.4 Å². The van der Waals surface area contributed by atoms with E-state index in [0.717, 1.165) is 25.7 Å². The third-order valence-electron chi connectivity index (χ3n) is 2.49. The molecule has 6 nitrogen and oxygen atoms in total. The molecular weight excluding hydrogens is 282 g/mol. The van der Waals surface area contributed by atoms with Crippen LogP contribution in [0.2, 0.25) is 0 Å². The monoisotopic (exact) mass is 309 g/mol. The summed E-state index contributed by atoms with van der Waals surface area (Å²) in [5.41, 5.74) is 5.09. The second kappa shape index (κ2) is 15.0. The van der Waals surface area contributed by atoms with E-state index >= 15 is 0 Å². The van der Waals surface area contributed by atoms with E-state index in [-0.39, 0.29) is 11.8 Å². The van der Waals surface area contributed by atoms with Gasteiger partial charge in [-0.25, -0.2) is 0 Å². The SMILES string of the molecule is C=C(C)C(N)=O.C=CC(=O)NCCCCCCNC(=O)C=C. The van der Waals surface area contributed by atoms with Crippen molar-refractivity contribution >= 4 is 17.7 Å². The zero-order valence-corrected chi connectivity index (χ0v) is 13.3. The molecule has 124 valence electrons. The van der Waals surface area contributed by atoms with Crippen molar-refractivity contribution in [2.75, 3.05) is 13.1 Å². The summed E-state index contributed by atoms with van der Waals surface area (Å²) in [6.45, 7) is 12.9. The summed E-state index contributed by atoms with van der Waals surface area (Å²) < 4.78 is 0. The molecule has 0 aromatic heterocycles. The molecule has 6 heteroatoms. The van der Waals surface area contributed by atoms with Crippen molar-refractivity contribution in [3.8, 4) is 0 Å². The molecule has 0 rings (SSSR count). The number of carbonyl (C=O) groups excluding carboxylic acids is 3. The third-order valence-corrected chi connectivity index (χ3v) is 2.49. The molecule has 0 aliphatic heterocycles. The van der Waals surface area contributed by atoms with Crippen LogP contribution < -0.4 is 16.4 Å². The average Bonchev–Trinajstić information content (AvgIpc) is 2.49. The fraction of sp³-hybridized carbons (Fsp3) is 0.438. The van der Waals surface area contributed by atoms with Crippen LogP contribution in [0.25, 0.3) is 0 Å². The average molecular weight is 309 g/mol. The minimum absolute atomic E-state index is 0.127. The number of carbonyl (C=O) groups is 3. The molecule has 4 N–H and O–H groups in total. The van der Waals surface area contributed by atoms with E-state index < -0.39 is 5.91 Å². The van der Waals surface area contributed by atoms with Crippen LogP contribution in [-0.2, 0) is 14.4 Å². The molecular formula is C16H27N3O3. The van der Waals surface area contributed by atoms with Crippen LogP contribution in [0.5, 0.6) is 0 Å². The van der Waals surface area contributed by atoms with Gasteiger partial charge in [-0.05, 0) is 31.9 Å². The first-order chi connectivity index (χ1) is 10.3. The Kier molecular flexibility index (Phi) is 15.0. The molecule has 0 fully saturated rings. The molecule has 0 saturated carbocycles. The van der Waals surface area contributed by atoms with Gasteiger partial charge in [-0.3, -0.25) is 14.4 Å². The topological polar surface area (TPSA) is 101 Å². The second-order valence-electron chi connectivity index (χ2n) is 4.55. The van der Waals surface area contributed by atoms with E-state index in [1.807, 2.05) is 0 Å². The van der Waals surface area contributed by atoms with Crippen LogP contribution >= 0.6 is 0 Å². The molecule has 0 aliphatic carbocycles. The number of hydrogen-bond acceptors (Lipinski definition) is 3. The van der Waals surface area contributed by atoms with Crippen molar-refractivity contribution in [3.05, 3.63) is 37.5 Å². The fourth-order valence-corrected chi connectivity index (χ4v) is 1.17. The minimum atomic E-state index is -0.435. The molecule has 0 saturated heterocycles. The number of hydrogen-bond donors (Lipinski definition) is 3. The van der Waals surface area contributed by atoms with Crippen LogP contribution in [0.4, 0.5) is 0 Å². The highest BCUT2D eigenvalue weighted by molar-refractivity contribution is 5.90. The van der Waals surface area contributed by atoms with Crippen molar-refractivity contribution in [2.45, 2.75) is 32.6 Å². The number of amides is 3. The molecule has 0 aromatic carbocycles. The van der Waals surface area contributed by atoms with E-state index in [9.17, 15) is 14.4 Å². The summed E-state index contributed by atoms with van der Waals surface area (Å²) >= 11 is 0. The van der Waals surface area contributed by atoms with E-state index in [1.54, 1.807) is 6.92 Å². The lowest BCUT2D eigenvalue weighted by molar-refractivity contribution is -0.117. The summed E-state index contributed by atoms with van der Waals surface area (Å²) in [5, 5.41) is 5.42. The van der Waals surface area contributed by atoms with Gasteiger partial charge in [-0.1, -0.05) is 32.6 Å². The van der Waals surface area contributed by atoms with Gasteiger partial charge in [0.05, 0.1) is 0 Å². The Morgan fingerprint density at radius 3 is 1.45 bits per heavy atom. The van der Waals surface area contributed by atoms with Gasteiger partial charge in [0.1, 0.15) is 0 Å². The van der Waals surface area contributed by atoms with Crippen LogP contribution in [0.15, 0.2) is 37.5 Å². The van der Waals surface area contributed by atoms with Crippen LogP contribution in [0, 0.1) is 0 Å². The maximum absolute atomic E-state index is 10.8. The van der Waals surface area contributed by atoms with Gasteiger partial charge in [0.2, 0.25) is 17.7 Å². The molecule has 0 heterocycles. The zero-order chi connectivity index (χ0) is 17.4. The molecule has 0 unspecified atom stereocenters. The van der Waals surface area contributed by atoms with Crippen molar-refractivity contribution in [1.29, 1.82) is 0 Å². The maximum atomic E-state index is 10.8. The highest BCUT2D eigenvalue weighted by Crippen LogP contribution is 1.97. The van der Waals surface area contributed by atoms with E-state index in [0.29, 0.717) is 18.7 Å². The van der Waals surface area contributed by atoms with Crippen molar-refractivity contribution in [2.24, 2.45) is 5.73 Å². The standard InChI is InChI=1S/C12H20N2O2.C4H7NO/c1-3-11(15)13-9-7-5-6-8-10-14-12(16)4-2;1-3(2)4(5)6/h3-4H,1-2,5-10H2,(H,13,15)(H,14,16);1H2,2H3,(H2,5,6). The van der Waals surface area contributed by atoms with Crippen LogP contribution in [0.1, 0.15) is 32.6 Å². The number of nitrogens with one attached hydrogen (secondary N) is 2. The lowest BCUT2D eigenvalue weighted by Crippen LogP contribution is -2.22. The minimum Gasteiger partial charge on any atom is -0.366 e. The second-order valence-corrected chi connectivity index (χ2v) is 4.55. The van der Waals surface area contributed by atoms with Gasteiger partial charge in [0, 0.05) is 18.7 Å². The quantitative estimate of drug-likeness (QED) is 0.417. The molecule has 0 spiro atoms. The predicted octanol–water partition coefficient (Wildman–Crippen LogP) is 1.20. The first-order valence-electron chi connectivity index (χ1n) is 7.11. The largest absolute Gasteiger partial charge is 0.366 e. The van der Waals surface area contributed by atoms with Gasteiger partial charge in [-0.15, -0.1) is 0 Å². The molecule has 0 aromatic rings. The maximum Gasteiger partial charge on any atom is 0.243 e. The summed E-state index contributed by atoms with van der Waals surface area (Å²) in [6.07, 6.45) is 6.53. The number of primary amides is 1. The molecule has 0 bridgehead atoms. The third kappa shape index (κ3) is 17.6. The highest BCUT2D eigenvalue weighted by Gasteiger charge is 1.95. The van der Waals surface area contributed by atoms with Crippen molar-refractivity contribution in [3.63, 3.8) is 0 Å². The normalized spacial score (nSPS) is 8.77. The smallest absolute Gasteiger partial charge is 0.243 e. The first kappa shape index (κ1) is 21.9. The van der Waals surface area contributed by atoms with E-state index in [4.69, 9.17) is 5.73 Å². The van der Waals surface area contributed by atoms with E-state index in [2.05, 4.69) is 30.4 Å². The van der Waals surface area contributed by atoms with Crippen LogP contribution in [0.3, 0.4) is 0 Å². The van der Waals surface area contributed by atoms with Crippen molar-refractivity contribution in [1.82, 2.24) is 10.6 Å². The van der Waals surface area contributed by atoms with Gasteiger partial charge < -0.3 is 16.4 Å². The summed E-state index contributed by atoms with van der Waals surface area (Å²) in [7, 11) is 0. The number of nitrogens with two attached hydrogens (primary N) is 1. The predicted molar refractivity (Wildman–Crippen MR) is 88.9 cm³/mol. The summed E-state index contributed by atoms with van der Waals surface area (Å²) in [5.74, 6) is -0.688. The Hall–Kier alpha value is -2.37. The summed E-state index contributed by atoms with van der Waals surface area (Å²) in [6, 6.07) is 0. The summed E-state index contributed by atoms with van der Waals surface area (Å²) in [4.78, 5) is 31.4. The highest BCUT2D eigenvalue weighted by atomic mass is 16.2. The van der Waals surface area contributed by atoms with Gasteiger partial charge in [-0.2, -0.15) is 0 Å². The molecule has 0 aliphatic rings. The van der Waals surface area contributed by atoms with Gasteiger partial charge in [0.15, 0.2) is 0 Å². The lowest BCUT2D eigenvalue weighted by atomic mass is 10.2. The lowest BCUT2D eigenvalue weighted by Gasteiger charge is -2.03. The Morgan fingerprint density at radius 2 is 1.23 bits per heavy atom. The Labute approximate surface area is 132 Å². The van der Waals surface area contributed by atoms with Crippen LogP contribution in [-0.4, -0.2) is 30.8 Å².